The second-order valence-corrected chi connectivity index (χ2v) is 9.27. The van der Waals surface area contributed by atoms with Gasteiger partial charge in [0.2, 0.25) is 11.8 Å². The van der Waals surface area contributed by atoms with Crippen LogP contribution >= 0.6 is 23.2 Å². The zero-order valence-corrected chi connectivity index (χ0v) is 20.6. The molecule has 0 heterocycles. The van der Waals surface area contributed by atoms with Crippen molar-refractivity contribution in [2.45, 2.75) is 45.3 Å². The number of rotatable bonds is 9. The van der Waals surface area contributed by atoms with Gasteiger partial charge in [-0.15, -0.1) is 0 Å². The molecule has 0 unspecified atom stereocenters. The summed E-state index contributed by atoms with van der Waals surface area (Å²) >= 11 is 12.3. The summed E-state index contributed by atoms with van der Waals surface area (Å²) in [7, 11) is 0. The van der Waals surface area contributed by atoms with Crippen LogP contribution in [0.5, 0.6) is 0 Å². The highest BCUT2D eigenvalue weighted by molar-refractivity contribution is 6.35. The van der Waals surface area contributed by atoms with Gasteiger partial charge in [0.1, 0.15) is 11.9 Å². The molecule has 1 atom stereocenters. The van der Waals surface area contributed by atoms with Crippen LogP contribution in [0.1, 0.15) is 30.5 Å². The van der Waals surface area contributed by atoms with Gasteiger partial charge in [0, 0.05) is 29.1 Å². The molecule has 7 heteroatoms. The molecule has 0 radical (unpaired) electrons. The number of benzene rings is 3. The van der Waals surface area contributed by atoms with Gasteiger partial charge in [0.25, 0.3) is 0 Å². The number of nitrogens with one attached hydrogen (secondary N) is 1. The van der Waals surface area contributed by atoms with Crippen molar-refractivity contribution in [1.29, 1.82) is 0 Å². The van der Waals surface area contributed by atoms with Crippen LogP contribution in [-0.4, -0.2) is 28.8 Å². The monoisotopic (exact) mass is 500 g/mol. The predicted octanol–water partition coefficient (Wildman–Crippen LogP) is 5.84. The van der Waals surface area contributed by atoms with E-state index in [2.05, 4.69) is 5.32 Å². The summed E-state index contributed by atoms with van der Waals surface area (Å²) in [5.41, 5.74) is 2.25. The lowest BCUT2D eigenvalue weighted by atomic mass is 10.0. The summed E-state index contributed by atoms with van der Waals surface area (Å²) in [4.78, 5) is 28.5. The normalized spacial score (nSPS) is 11.8. The maximum Gasteiger partial charge on any atom is 0.243 e. The molecule has 34 heavy (non-hydrogen) atoms. The topological polar surface area (TPSA) is 49.4 Å². The van der Waals surface area contributed by atoms with Crippen molar-refractivity contribution >= 4 is 35.0 Å². The third-order valence-electron chi connectivity index (χ3n) is 5.32. The summed E-state index contributed by atoms with van der Waals surface area (Å²) in [5, 5.41) is 3.80. The molecule has 0 aliphatic rings. The lowest BCUT2D eigenvalue weighted by Crippen LogP contribution is -2.52. The predicted molar refractivity (Wildman–Crippen MR) is 134 cm³/mol. The number of hydrogen-bond acceptors (Lipinski definition) is 2. The zero-order valence-electron chi connectivity index (χ0n) is 19.1. The Hall–Kier alpha value is -2.89. The Morgan fingerprint density at radius 3 is 2.24 bits per heavy atom. The average Bonchev–Trinajstić information content (AvgIpc) is 2.79. The van der Waals surface area contributed by atoms with Crippen LogP contribution in [0.15, 0.2) is 72.8 Å². The molecule has 0 saturated heterocycles. The summed E-state index contributed by atoms with van der Waals surface area (Å²) < 4.78 is 13.5. The van der Waals surface area contributed by atoms with Gasteiger partial charge in [-0.1, -0.05) is 71.7 Å². The van der Waals surface area contributed by atoms with Crippen molar-refractivity contribution in [3.05, 3.63) is 105 Å². The maximum absolute atomic E-state index is 13.6. The molecule has 1 N–H and O–H groups in total. The third kappa shape index (κ3) is 7.31. The Kier molecular flexibility index (Phi) is 9.08. The average molecular weight is 501 g/mol. The van der Waals surface area contributed by atoms with Gasteiger partial charge < -0.3 is 10.2 Å². The highest BCUT2D eigenvalue weighted by Gasteiger charge is 2.31. The summed E-state index contributed by atoms with van der Waals surface area (Å²) in [6.07, 6.45) is 0.331. The fourth-order valence-corrected chi connectivity index (χ4v) is 4.13. The quantitative estimate of drug-likeness (QED) is 0.401. The number of hydrogen-bond donors (Lipinski definition) is 1. The molecule has 0 spiro atoms. The zero-order chi connectivity index (χ0) is 24.7. The van der Waals surface area contributed by atoms with Crippen LogP contribution in [0.25, 0.3) is 0 Å². The minimum absolute atomic E-state index is 0.00253. The molecule has 4 nitrogen and oxygen atoms in total. The lowest BCUT2D eigenvalue weighted by Gasteiger charge is -2.32. The van der Waals surface area contributed by atoms with Crippen molar-refractivity contribution in [1.82, 2.24) is 10.2 Å². The van der Waals surface area contributed by atoms with E-state index in [1.165, 1.54) is 12.1 Å². The molecule has 3 aromatic carbocycles. The van der Waals surface area contributed by atoms with Gasteiger partial charge in [-0.25, -0.2) is 4.39 Å². The molecule has 0 aliphatic carbocycles. The Morgan fingerprint density at radius 1 is 0.941 bits per heavy atom. The first-order chi connectivity index (χ1) is 16.2. The van der Waals surface area contributed by atoms with E-state index in [1.807, 2.05) is 44.2 Å². The van der Waals surface area contributed by atoms with Crippen LogP contribution in [0.2, 0.25) is 10.0 Å². The molecular formula is C27H27Cl2FN2O2. The van der Waals surface area contributed by atoms with Crippen LogP contribution in [-0.2, 0) is 29.0 Å². The second kappa shape index (κ2) is 12.0. The molecule has 0 aliphatic heterocycles. The Morgan fingerprint density at radius 2 is 1.62 bits per heavy atom. The standard InChI is InChI=1S/C27H27Cl2FN2O2/c1-18(2)31-27(34)25(14-19-6-4-3-5-7-19)32(17-20-8-12-23(30)13-9-20)26(33)15-21-10-11-22(28)16-24(21)29/h3-13,16,18,25H,14-15,17H2,1-2H3,(H,31,34)/t25-/m0/s1. The van der Waals surface area contributed by atoms with Gasteiger partial charge >= 0.3 is 0 Å². The fourth-order valence-electron chi connectivity index (χ4n) is 3.65. The van der Waals surface area contributed by atoms with Crippen molar-refractivity contribution in [2.75, 3.05) is 0 Å². The fraction of sp³-hybridized carbons (Fsp3) is 0.259. The third-order valence-corrected chi connectivity index (χ3v) is 5.91. The van der Waals surface area contributed by atoms with E-state index >= 15 is 0 Å². The Balaban J connectivity index is 1.98. The smallest absolute Gasteiger partial charge is 0.243 e. The van der Waals surface area contributed by atoms with E-state index in [9.17, 15) is 14.0 Å². The van der Waals surface area contributed by atoms with E-state index in [4.69, 9.17) is 23.2 Å². The summed E-state index contributed by atoms with van der Waals surface area (Å²) in [6.45, 7) is 3.89. The van der Waals surface area contributed by atoms with E-state index in [-0.39, 0.29) is 36.6 Å². The number of halogens is 3. The maximum atomic E-state index is 13.6. The van der Waals surface area contributed by atoms with Gasteiger partial charge in [0.15, 0.2) is 0 Å². The van der Waals surface area contributed by atoms with Crippen molar-refractivity contribution in [3.8, 4) is 0 Å². The van der Waals surface area contributed by atoms with Gasteiger partial charge in [-0.05, 0) is 54.8 Å². The van der Waals surface area contributed by atoms with Crippen LogP contribution in [0.4, 0.5) is 4.39 Å². The first kappa shape index (κ1) is 25.7. The van der Waals surface area contributed by atoms with Gasteiger partial charge in [-0.2, -0.15) is 0 Å². The molecule has 0 fully saturated rings. The molecule has 0 aromatic heterocycles. The number of nitrogens with zero attached hydrogens (tertiary/aromatic N) is 1. The van der Waals surface area contributed by atoms with Crippen molar-refractivity contribution in [2.24, 2.45) is 0 Å². The van der Waals surface area contributed by atoms with E-state index < -0.39 is 6.04 Å². The minimum atomic E-state index is -0.770. The SMILES string of the molecule is CC(C)NC(=O)[C@H](Cc1ccccc1)N(Cc1ccc(F)cc1)C(=O)Cc1ccc(Cl)cc1Cl. The molecule has 0 bridgehead atoms. The van der Waals surface area contributed by atoms with E-state index in [0.717, 1.165) is 5.56 Å². The second-order valence-electron chi connectivity index (χ2n) is 8.43. The number of carbonyl (C=O) groups excluding carboxylic acids is 2. The minimum Gasteiger partial charge on any atom is -0.352 e. The van der Waals surface area contributed by atoms with Crippen LogP contribution < -0.4 is 5.32 Å². The number of amides is 2. The molecule has 3 rings (SSSR count). The Labute approximate surface area is 209 Å². The summed E-state index contributed by atoms with van der Waals surface area (Å²) in [5.74, 6) is -0.891. The summed E-state index contributed by atoms with van der Waals surface area (Å²) in [6, 6.07) is 19.6. The molecule has 2 amide bonds. The highest BCUT2D eigenvalue weighted by Crippen LogP contribution is 2.23. The molecule has 3 aromatic rings. The number of carbonyl (C=O) groups is 2. The Bertz CT molecular complexity index is 1120. The first-order valence-corrected chi connectivity index (χ1v) is 11.8. The molecule has 178 valence electrons. The highest BCUT2D eigenvalue weighted by atomic mass is 35.5. The van der Waals surface area contributed by atoms with E-state index in [0.29, 0.717) is 27.6 Å². The molecular weight excluding hydrogens is 474 g/mol. The molecule has 0 saturated carbocycles. The van der Waals surface area contributed by atoms with Gasteiger partial charge in [0.05, 0.1) is 6.42 Å². The van der Waals surface area contributed by atoms with E-state index in [1.54, 1.807) is 35.2 Å². The largest absolute Gasteiger partial charge is 0.352 e. The van der Waals surface area contributed by atoms with Gasteiger partial charge in [-0.3, -0.25) is 9.59 Å². The van der Waals surface area contributed by atoms with Crippen LogP contribution in [0.3, 0.4) is 0 Å². The lowest BCUT2D eigenvalue weighted by molar-refractivity contribution is -0.141. The van der Waals surface area contributed by atoms with Crippen LogP contribution in [0, 0.1) is 5.82 Å². The van der Waals surface area contributed by atoms with Crippen molar-refractivity contribution < 1.29 is 14.0 Å². The van der Waals surface area contributed by atoms with Crippen molar-refractivity contribution in [3.63, 3.8) is 0 Å². The first-order valence-electron chi connectivity index (χ1n) is 11.0.